The van der Waals surface area contributed by atoms with Crippen molar-refractivity contribution in [3.05, 3.63) is 33.9 Å². The van der Waals surface area contributed by atoms with Gasteiger partial charge >= 0.3 is 5.97 Å². The quantitative estimate of drug-likeness (QED) is 0.583. The third-order valence-corrected chi connectivity index (χ3v) is 2.44. The first-order chi connectivity index (χ1) is 8.45. The summed E-state index contributed by atoms with van der Waals surface area (Å²) in [6, 6.07) is 3.44. The maximum Gasteiger partial charge on any atom is 0.320 e. The molecule has 0 saturated carbocycles. The molecule has 0 fully saturated rings. The number of carbonyl (C=O) groups is 1. The van der Waals surface area contributed by atoms with Crippen LogP contribution < -0.4 is 10.1 Å². The van der Waals surface area contributed by atoms with E-state index in [1.54, 1.807) is 0 Å². The maximum absolute atomic E-state index is 10.6. The number of nitrogens with zero attached hydrogens (tertiary/aromatic N) is 1. The van der Waals surface area contributed by atoms with E-state index < -0.39 is 16.9 Å². The van der Waals surface area contributed by atoms with Gasteiger partial charge in [-0.3, -0.25) is 14.9 Å². The number of benzene rings is 1. The van der Waals surface area contributed by atoms with Gasteiger partial charge < -0.3 is 15.2 Å². The van der Waals surface area contributed by atoms with Crippen LogP contribution in [0.15, 0.2) is 18.2 Å². The topological polar surface area (TPSA) is 102 Å². The van der Waals surface area contributed by atoms with Crippen LogP contribution in [-0.2, 0) is 11.3 Å². The molecule has 0 radical (unpaired) electrons. The Labute approximate surface area is 104 Å². The van der Waals surface area contributed by atoms with Gasteiger partial charge in [0.25, 0.3) is 5.69 Å². The zero-order valence-corrected chi connectivity index (χ0v) is 10.0. The highest BCUT2D eigenvalue weighted by Crippen LogP contribution is 2.23. The van der Waals surface area contributed by atoms with E-state index in [1.807, 2.05) is 0 Å². The van der Waals surface area contributed by atoms with Crippen LogP contribution in [0.25, 0.3) is 0 Å². The Kier molecular flexibility index (Phi) is 4.61. The second-order valence-electron chi connectivity index (χ2n) is 3.69. The van der Waals surface area contributed by atoms with Crippen molar-refractivity contribution in [3.8, 4) is 5.75 Å². The summed E-state index contributed by atoms with van der Waals surface area (Å²) < 4.78 is 5.06. The summed E-state index contributed by atoms with van der Waals surface area (Å²) in [6.45, 7) is 1.67. The van der Waals surface area contributed by atoms with Gasteiger partial charge in [-0.05, 0) is 13.0 Å². The Balaban J connectivity index is 2.88. The molecule has 0 aliphatic carbocycles. The molecule has 0 amide bonds. The van der Waals surface area contributed by atoms with Crippen molar-refractivity contribution >= 4 is 11.7 Å². The van der Waals surface area contributed by atoms with Gasteiger partial charge in [-0.2, -0.15) is 0 Å². The van der Waals surface area contributed by atoms with Crippen molar-refractivity contribution in [1.29, 1.82) is 0 Å². The number of ether oxygens (including phenoxy) is 1. The van der Waals surface area contributed by atoms with Crippen molar-refractivity contribution in [2.45, 2.75) is 19.5 Å². The van der Waals surface area contributed by atoms with E-state index in [-0.39, 0.29) is 12.2 Å². The van der Waals surface area contributed by atoms with Crippen LogP contribution in [0.1, 0.15) is 12.5 Å². The number of nitrogens with one attached hydrogen (secondary N) is 1. The Morgan fingerprint density at radius 1 is 1.61 bits per heavy atom. The smallest absolute Gasteiger partial charge is 0.320 e. The zero-order chi connectivity index (χ0) is 13.7. The SMILES string of the molecule is COc1ccc([N+](=O)[O-])cc1CNC(C)C(=O)O. The van der Waals surface area contributed by atoms with Crippen molar-refractivity contribution in [1.82, 2.24) is 5.32 Å². The van der Waals surface area contributed by atoms with Crippen LogP contribution >= 0.6 is 0 Å². The number of nitro groups is 1. The maximum atomic E-state index is 10.6. The second kappa shape index (κ2) is 5.97. The molecule has 0 spiro atoms. The van der Waals surface area contributed by atoms with Crippen LogP contribution in [0.5, 0.6) is 5.75 Å². The first-order valence-electron chi connectivity index (χ1n) is 5.23. The van der Waals surface area contributed by atoms with E-state index in [0.717, 1.165) is 0 Å². The minimum absolute atomic E-state index is 0.0596. The summed E-state index contributed by atoms with van der Waals surface area (Å²) in [5.41, 5.74) is 0.482. The number of carboxylic acid groups (broad SMARTS) is 1. The van der Waals surface area contributed by atoms with E-state index >= 15 is 0 Å². The second-order valence-corrected chi connectivity index (χ2v) is 3.69. The average molecular weight is 254 g/mol. The first kappa shape index (κ1) is 13.9. The Morgan fingerprint density at radius 2 is 2.28 bits per heavy atom. The minimum Gasteiger partial charge on any atom is -0.496 e. The predicted molar refractivity (Wildman–Crippen MR) is 63.6 cm³/mol. The van der Waals surface area contributed by atoms with Crippen molar-refractivity contribution in [2.75, 3.05) is 7.11 Å². The molecule has 0 aliphatic rings. The summed E-state index contributed by atoms with van der Waals surface area (Å²) >= 11 is 0. The summed E-state index contributed by atoms with van der Waals surface area (Å²) in [6.07, 6.45) is 0. The molecule has 2 N–H and O–H groups in total. The number of hydrogen-bond donors (Lipinski definition) is 2. The van der Waals surface area contributed by atoms with Gasteiger partial charge in [0, 0.05) is 24.2 Å². The summed E-state index contributed by atoms with van der Waals surface area (Å²) in [4.78, 5) is 20.8. The standard InChI is InChI=1S/C11H14N2O5/c1-7(11(14)15)12-6-8-5-9(13(16)17)3-4-10(8)18-2/h3-5,7,12H,6H2,1-2H3,(H,14,15). The molecule has 0 heterocycles. The van der Waals surface area contributed by atoms with Gasteiger partial charge in [-0.15, -0.1) is 0 Å². The number of hydrogen-bond acceptors (Lipinski definition) is 5. The number of methoxy groups -OCH3 is 1. The van der Waals surface area contributed by atoms with Crippen molar-refractivity contribution in [2.24, 2.45) is 0 Å². The molecule has 1 unspecified atom stereocenters. The van der Waals surface area contributed by atoms with Crippen LogP contribution in [0.4, 0.5) is 5.69 Å². The zero-order valence-electron chi connectivity index (χ0n) is 10.0. The summed E-state index contributed by atoms with van der Waals surface area (Å²) in [5, 5.41) is 22.1. The Hall–Kier alpha value is -2.15. The highest BCUT2D eigenvalue weighted by atomic mass is 16.6. The highest BCUT2D eigenvalue weighted by Gasteiger charge is 2.14. The fourth-order valence-electron chi connectivity index (χ4n) is 1.37. The van der Waals surface area contributed by atoms with Gasteiger partial charge in [0.2, 0.25) is 0 Å². The van der Waals surface area contributed by atoms with Crippen LogP contribution in [-0.4, -0.2) is 29.2 Å². The van der Waals surface area contributed by atoms with E-state index in [9.17, 15) is 14.9 Å². The molecular formula is C11H14N2O5. The molecule has 18 heavy (non-hydrogen) atoms. The van der Waals surface area contributed by atoms with Crippen molar-refractivity contribution in [3.63, 3.8) is 0 Å². The fraction of sp³-hybridized carbons (Fsp3) is 0.364. The number of carboxylic acids is 1. The molecule has 1 atom stereocenters. The Bertz CT molecular complexity index is 461. The van der Waals surface area contributed by atoms with Gasteiger partial charge in [0.15, 0.2) is 0 Å². The number of non-ortho nitro benzene ring substituents is 1. The number of rotatable bonds is 6. The van der Waals surface area contributed by atoms with Gasteiger partial charge in [-0.25, -0.2) is 0 Å². The van der Waals surface area contributed by atoms with Gasteiger partial charge in [0.05, 0.1) is 12.0 Å². The molecule has 1 aromatic carbocycles. The predicted octanol–water partition coefficient (Wildman–Crippen LogP) is 1.17. The highest BCUT2D eigenvalue weighted by molar-refractivity contribution is 5.72. The molecule has 7 nitrogen and oxygen atoms in total. The molecule has 1 rings (SSSR count). The normalized spacial score (nSPS) is 11.9. The lowest BCUT2D eigenvalue weighted by Gasteiger charge is -2.11. The van der Waals surface area contributed by atoms with Crippen LogP contribution in [0, 0.1) is 10.1 Å². The molecule has 98 valence electrons. The largest absolute Gasteiger partial charge is 0.496 e. The summed E-state index contributed by atoms with van der Waals surface area (Å²) in [5.74, 6) is -0.509. The third-order valence-electron chi connectivity index (χ3n) is 2.44. The van der Waals surface area contributed by atoms with Gasteiger partial charge in [-0.1, -0.05) is 0 Å². The molecule has 7 heteroatoms. The molecule has 0 bridgehead atoms. The lowest BCUT2D eigenvalue weighted by Crippen LogP contribution is -2.33. The molecular weight excluding hydrogens is 240 g/mol. The molecule has 1 aromatic rings. The van der Waals surface area contributed by atoms with Gasteiger partial charge in [0.1, 0.15) is 11.8 Å². The van der Waals surface area contributed by atoms with E-state index in [2.05, 4.69) is 5.32 Å². The Morgan fingerprint density at radius 3 is 2.78 bits per heavy atom. The first-order valence-corrected chi connectivity index (χ1v) is 5.23. The fourth-order valence-corrected chi connectivity index (χ4v) is 1.37. The lowest BCUT2D eigenvalue weighted by molar-refractivity contribution is -0.384. The summed E-state index contributed by atoms with van der Waals surface area (Å²) in [7, 11) is 1.45. The minimum atomic E-state index is -0.987. The molecule has 0 saturated heterocycles. The molecule has 0 aromatic heterocycles. The van der Waals surface area contributed by atoms with Crippen LogP contribution in [0.2, 0.25) is 0 Å². The van der Waals surface area contributed by atoms with Crippen LogP contribution in [0.3, 0.4) is 0 Å². The number of nitro benzene ring substituents is 1. The van der Waals surface area contributed by atoms with Crippen molar-refractivity contribution < 1.29 is 19.6 Å². The van der Waals surface area contributed by atoms with E-state index in [0.29, 0.717) is 11.3 Å². The molecule has 0 aliphatic heterocycles. The van der Waals surface area contributed by atoms with E-state index in [1.165, 1.54) is 32.2 Å². The third kappa shape index (κ3) is 3.42. The monoisotopic (exact) mass is 254 g/mol. The van der Waals surface area contributed by atoms with E-state index in [4.69, 9.17) is 9.84 Å². The lowest BCUT2D eigenvalue weighted by atomic mass is 10.1. The number of aliphatic carboxylic acids is 1. The average Bonchev–Trinajstić information content (AvgIpc) is 2.35.